The van der Waals surface area contributed by atoms with Crippen molar-refractivity contribution in [3.63, 3.8) is 0 Å². The van der Waals surface area contributed by atoms with Crippen molar-refractivity contribution in [1.82, 2.24) is 14.7 Å². The average Bonchev–Trinajstić information content (AvgIpc) is 3.11. The lowest BCUT2D eigenvalue weighted by Crippen LogP contribution is -2.46. The van der Waals surface area contributed by atoms with Crippen molar-refractivity contribution in [3.8, 4) is 0 Å². The van der Waals surface area contributed by atoms with Crippen LogP contribution >= 0.6 is 0 Å². The molecule has 2 heterocycles. The lowest BCUT2D eigenvalue weighted by Gasteiger charge is -2.40. The lowest BCUT2D eigenvalue weighted by molar-refractivity contribution is -0.139. The molecule has 0 spiro atoms. The molecule has 5 heteroatoms. The van der Waals surface area contributed by atoms with Gasteiger partial charge in [-0.15, -0.1) is 0 Å². The summed E-state index contributed by atoms with van der Waals surface area (Å²) in [6.07, 6.45) is 7.72. The normalized spacial score (nSPS) is 28.8. The molecule has 3 rings (SSSR count). The van der Waals surface area contributed by atoms with Crippen molar-refractivity contribution in [2.75, 3.05) is 6.54 Å². The van der Waals surface area contributed by atoms with Gasteiger partial charge >= 0.3 is 0 Å². The number of nitrogens with zero attached hydrogens (tertiary/aromatic N) is 3. The molecule has 2 aliphatic rings. The van der Waals surface area contributed by atoms with E-state index in [1.54, 1.807) is 4.68 Å². The highest BCUT2D eigenvalue weighted by Gasteiger charge is 2.43. The van der Waals surface area contributed by atoms with E-state index in [1.807, 2.05) is 19.4 Å². The van der Waals surface area contributed by atoms with Gasteiger partial charge in [-0.3, -0.25) is 9.48 Å². The molecule has 0 aromatic carbocycles. The lowest BCUT2D eigenvalue weighted by atomic mass is 9.85. The third kappa shape index (κ3) is 1.92. The molecule has 1 aromatic heterocycles. The summed E-state index contributed by atoms with van der Waals surface area (Å²) in [7, 11) is 1.91. The first-order valence-corrected chi connectivity index (χ1v) is 6.70. The predicted octanol–water partition coefficient (Wildman–Crippen LogP) is 0.821. The van der Waals surface area contributed by atoms with Crippen molar-refractivity contribution in [3.05, 3.63) is 18.0 Å². The Hall–Kier alpha value is -1.36. The maximum atomic E-state index is 12.2. The van der Waals surface area contributed by atoms with Gasteiger partial charge in [-0.1, -0.05) is 0 Å². The number of rotatable bonds is 3. The van der Waals surface area contributed by atoms with Crippen LogP contribution in [0.3, 0.4) is 0 Å². The Kier molecular flexibility index (Phi) is 2.86. The monoisotopic (exact) mass is 248 g/mol. The number of aryl methyl sites for hydroxylation is 1. The fraction of sp³-hybridized carbons (Fsp3) is 0.692. The van der Waals surface area contributed by atoms with Crippen LogP contribution in [0.5, 0.6) is 0 Å². The third-order valence-electron chi connectivity index (χ3n) is 4.07. The average molecular weight is 248 g/mol. The van der Waals surface area contributed by atoms with E-state index >= 15 is 0 Å². The van der Waals surface area contributed by atoms with Crippen LogP contribution in [-0.2, 0) is 11.8 Å². The Labute approximate surface area is 107 Å². The Morgan fingerprint density at radius 1 is 1.44 bits per heavy atom. The molecule has 0 radical (unpaired) electrons. The van der Waals surface area contributed by atoms with Gasteiger partial charge in [-0.2, -0.15) is 5.10 Å². The smallest absolute Gasteiger partial charge is 0.223 e. The summed E-state index contributed by atoms with van der Waals surface area (Å²) in [5.41, 5.74) is 7.03. The number of hydrogen-bond acceptors (Lipinski definition) is 3. The minimum Gasteiger partial charge on any atom is -0.332 e. The number of carbonyl (C=O) groups is 1. The first kappa shape index (κ1) is 11.7. The number of nitrogens with two attached hydrogens (primary N) is 1. The molecule has 98 valence electrons. The number of hydrogen-bond donors (Lipinski definition) is 1. The summed E-state index contributed by atoms with van der Waals surface area (Å²) >= 11 is 0. The van der Waals surface area contributed by atoms with Crippen LogP contribution in [0.15, 0.2) is 12.4 Å². The molecule has 1 saturated carbocycles. The molecular weight excluding hydrogens is 228 g/mol. The largest absolute Gasteiger partial charge is 0.332 e. The molecule has 2 fully saturated rings. The van der Waals surface area contributed by atoms with Gasteiger partial charge < -0.3 is 10.6 Å². The van der Waals surface area contributed by atoms with Crippen LogP contribution in [0.1, 0.15) is 37.3 Å². The van der Waals surface area contributed by atoms with Crippen molar-refractivity contribution >= 4 is 5.91 Å². The maximum Gasteiger partial charge on any atom is 0.223 e. The third-order valence-corrected chi connectivity index (χ3v) is 4.07. The summed E-state index contributed by atoms with van der Waals surface area (Å²) < 4.78 is 1.80. The van der Waals surface area contributed by atoms with E-state index in [9.17, 15) is 4.79 Å². The van der Waals surface area contributed by atoms with Crippen LogP contribution in [-0.4, -0.2) is 33.2 Å². The van der Waals surface area contributed by atoms with Crippen molar-refractivity contribution in [2.45, 2.75) is 37.8 Å². The van der Waals surface area contributed by atoms with E-state index in [4.69, 9.17) is 5.73 Å². The van der Waals surface area contributed by atoms with Gasteiger partial charge in [0.05, 0.1) is 12.2 Å². The van der Waals surface area contributed by atoms with Gasteiger partial charge in [0, 0.05) is 31.3 Å². The standard InChI is InChI=1S/C13H20N4O/c1-16-8-10(7-15-16)13-9(6-14)2-5-12(18)17(13)11-3-4-11/h7-9,11,13H,2-6,14H2,1H3/t9-,13+/m0/s1. The highest BCUT2D eigenvalue weighted by Crippen LogP contribution is 2.42. The fourth-order valence-corrected chi connectivity index (χ4v) is 3.03. The quantitative estimate of drug-likeness (QED) is 0.861. The number of piperidine rings is 1. The zero-order valence-electron chi connectivity index (χ0n) is 10.7. The first-order chi connectivity index (χ1) is 8.70. The van der Waals surface area contributed by atoms with E-state index in [2.05, 4.69) is 10.00 Å². The molecule has 2 N–H and O–H groups in total. The topological polar surface area (TPSA) is 64.2 Å². The molecule has 1 aromatic rings. The SMILES string of the molecule is Cn1cc([C@H]2[C@H](CN)CCC(=O)N2C2CC2)cn1. The Balaban J connectivity index is 1.94. The number of carbonyl (C=O) groups excluding carboxylic acids is 1. The molecule has 18 heavy (non-hydrogen) atoms. The predicted molar refractivity (Wildman–Crippen MR) is 67.6 cm³/mol. The van der Waals surface area contributed by atoms with Gasteiger partial charge in [0.2, 0.25) is 5.91 Å². The summed E-state index contributed by atoms with van der Waals surface area (Å²) in [5.74, 6) is 0.656. The second-order valence-corrected chi connectivity index (χ2v) is 5.46. The fourth-order valence-electron chi connectivity index (χ4n) is 3.03. The van der Waals surface area contributed by atoms with Crippen LogP contribution in [0.25, 0.3) is 0 Å². The van der Waals surface area contributed by atoms with Gasteiger partial charge in [-0.25, -0.2) is 0 Å². The summed E-state index contributed by atoms with van der Waals surface area (Å²) in [4.78, 5) is 14.3. The van der Waals surface area contributed by atoms with E-state index in [0.29, 0.717) is 24.9 Å². The number of aromatic nitrogens is 2. The summed E-state index contributed by atoms with van der Waals surface area (Å²) in [5, 5.41) is 4.24. The molecule has 1 saturated heterocycles. The molecule has 0 unspecified atom stereocenters. The Morgan fingerprint density at radius 2 is 2.22 bits per heavy atom. The Bertz CT molecular complexity index is 452. The molecular formula is C13H20N4O. The van der Waals surface area contributed by atoms with E-state index < -0.39 is 0 Å². The van der Waals surface area contributed by atoms with Crippen molar-refractivity contribution in [1.29, 1.82) is 0 Å². The van der Waals surface area contributed by atoms with Gasteiger partial charge in [0.1, 0.15) is 0 Å². The molecule has 1 aliphatic carbocycles. The van der Waals surface area contributed by atoms with Crippen molar-refractivity contribution in [2.24, 2.45) is 18.7 Å². The highest BCUT2D eigenvalue weighted by atomic mass is 16.2. The minimum absolute atomic E-state index is 0.137. The second-order valence-electron chi connectivity index (χ2n) is 5.46. The van der Waals surface area contributed by atoms with E-state index in [-0.39, 0.29) is 11.9 Å². The maximum absolute atomic E-state index is 12.2. The second kappa shape index (κ2) is 4.39. The molecule has 0 bridgehead atoms. The zero-order chi connectivity index (χ0) is 12.7. The van der Waals surface area contributed by atoms with Crippen LogP contribution in [0.4, 0.5) is 0 Å². The van der Waals surface area contributed by atoms with Crippen molar-refractivity contribution < 1.29 is 4.79 Å². The van der Waals surface area contributed by atoms with Crippen LogP contribution < -0.4 is 5.73 Å². The molecule has 1 aliphatic heterocycles. The Morgan fingerprint density at radius 3 is 2.78 bits per heavy atom. The molecule has 1 amide bonds. The summed E-state index contributed by atoms with van der Waals surface area (Å²) in [6.45, 7) is 0.635. The van der Waals surface area contributed by atoms with Gasteiger partial charge in [0.15, 0.2) is 0 Å². The number of likely N-dealkylation sites (tertiary alicyclic amines) is 1. The van der Waals surface area contributed by atoms with E-state index in [0.717, 1.165) is 24.8 Å². The molecule has 2 atom stereocenters. The van der Waals surface area contributed by atoms with Gasteiger partial charge in [-0.05, 0) is 31.7 Å². The van der Waals surface area contributed by atoms with Gasteiger partial charge in [0.25, 0.3) is 0 Å². The minimum atomic E-state index is 0.137. The van der Waals surface area contributed by atoms with Crippen LogP contribution in [0, 0.1) is 5.92 Å². The highest BCUT2D eigenvalue weighted by molar-refractivity contribution is 5.78. The van der Waals surface area contributed by atoms with Crippen LogP contribution in [0.2, 0.25) is 0 Å². The first-order valence-electron chi connectivity index (χ1n) is 6.70. The molecule has 5 nitrogen and oxygen atoms in total. The zero-order valence-corrected chi connectivity index (χ0v) is 10.7. The number of amides is 1. The summed E-state index contributed by atoms with van der Waals surface area (Å²) in [6, 6.07) is 0.578. The van der Waals surface area contributed by atoms with E-state index in [1.165, 1.54) is 0 Å².